The summed E-state index contributed by atoms with van der Waals surface area (Å²) in [6.07, 6.45) is 6.62. The van der Waals surface area contributed by atoms with Crippen LogP contribution in [0.2, 0.25) is 0 Å². The summed E-state index contributed by atoms with van der Waals surface area (Å²) in [5.74, 6) is 0. The van der Waals surface area contributed by atoms with Crippen molar-refractivity contribution >= 4 is 0 Å². The highest BCUT2D eigenvalue weighted by Gasteiger charge is 2.23. The Morgan fingerprint density at radius 3 is 2.47 bits per heavy atom. The van der Waals surface area contributed by atoms with E-state index in [-0.39, 0.29) is 6.61 Å². The van der Waals surface area contributed by atoms with Crippen LogP contribution in [0.5, 0.6) is 0 Å². The van der Waals surface area contributed by atoms with Crippen LogP contribution >= 0.6 is 0 Å². The van der Waals surface area contributed by atoms with Crippen molar-refractivity contribution in [3.05, 3.63) is 35.4 Å². The van der Waals surface area contributed by atoms with Crippen LogP contribution in [-0.4, -0.2) is 11.1 Å². The molecule has 0 heterocycles. The van der Waals surface area contributed by atoms with E-state index < -0.39 is 0 Å². The third kappa shape index (κ3) is 4.63. The van der Waals surface area contributed by atoms with E-state index in [9.17, 15) is 0 Å². The molecule has 106 valence electrons. The lowest BCUT2D eigenvalue weighted by molar-refractivity contribution is 0.282. The molecule has 2 nitrogen and oxygen atoms in total. The summed E-state index contributed by atoms with van der Waals surface area (Å²) in [6.45, 7) is 5.86. The zero-order chi connectivity index (χ0) is 13.7. The molecule has 0 bridgehead atoms. The van der Waals surface area contributed by atoms with Gasteiger partial charge in [-0.1, -0.05) is 44.5 Å². The molecule has 19 heavy (non-hydrogen) atoms. The second-order valence-corrected chi connectivity index (χ2v) is 6.65. The summed E-state index contributed by atoms with van der Waals surface area (Å²) in [6, 6.07) is 8.90. The average Bonchev–Trinajstić information content (AvgIpc) is 2.58. The maximum Gasteiger partial charge on any atom is 0.0681 e. The maximum absolute atomic E-state index is 9.03. The van der Waals surface area contributed by atoms with Crippen LogP contribution in [-0.2, 0) is 13.2 Å². The van der Waals surface area contributed by atoms with Crippen LogP contribution in [0.1, 0.15) is 57.1 Å². The van der Waals surface area contributed by atoms with Crippen LogP contribution in [0.15, 0.2) is 24.3 Å². The molecule has 1 aromatic rings. The highest BCUT2D eigenvalue weighted by Crippen LogP contribution is 2.33. The van der Waals surface area contributed by atoms with Crippen LogP contribution < -0.4 is 5.32 Å². The minimum absolute atomic E-state index is 0.130. The van der Waals surface area contributed by atoms with Gasteiger partial charge in [0.25, 0.3) is 0 Å². The van der Waals surface area contributed by atoms with Gasteiger partial charge in [0.1, 0.15) is 0 Å². The monoisotopic (exact) mass is 261 g/mol. The highest BCUT2D eigenvalue weighted by molar-refractivity contribution is 5.21. The Kier molecular flexibility index (Phi) is 5.00. The second kappa shape index (κ2) is 6.53. The number of aliphatic hydroxyl groups is 1. The van der Waals surface area contributed by atoms with Crippen molar-refractivity contribution in [3.8, 4) is 0 Å². The fourth-order valence-electron chi connectivity index (χ4n) is 2.89. The van der Waals surface area contributed by atoms with Gasteiger partial charge in [0.2, 0.25) is 0 Å². The lowest BCUT2D eigenvalue weighted by Crippen LogP contribution is -2.28. The Bertz CT molecular complexity index is 383. The van der Waals surface area contributed by atoms with Gasteiger partial charge in [-0.3, -0.25) is 0 Å². The summed E-state index contributed by atoms with van der Waals surface area (Å²) in [5.41, 5.74) is 2.82. The van der Waals surface area contributed by atoms with Gasteiger partial charge in [-0.15, -0.1) is 0 Å². The standard InChI is InChI=1S/C17H27NO/c1-17(2)10-3-4-16(9-11-17)18-12-14-5-7-15(13-19)8-6-14/h5-8,16,18-19H,3-4,9-13H2,1-2H3. The normalized spacial score (nSPS) is 23.0. The maximum atomic E-state index is 9.03. The molecule has 1 unspecified atom stereocenters. The first-order valence-corrected chi connectivity index (χ1v) is 7.51. The van der Waals surface area contributed by atoms with Crippen LogP contribution in [0.3, 0.4) is 0 Å². The SMILES string of the molecule is CC1(C)CCCC(NCc2ccc(CO)cc2)CC1. The van der Waals surface area contributed by atoms with E-state index in [1.54, 1.807) is 0 Å². The molecule has 1 aliphatic carbocycles. The first-order valence-electron chi connectivity index (χ1n) is 7.51. The Balaban J connectivity index is 1.81. The van der Waals surface area contributed by atoms with Gasteiger partial charge in [0, 0.05) is 12.6 Å². The van der Waals surface area contributed by atoms with E-state index in [1.165, 1.54) is 37.7 Å². The van der Waals surface area contributed by atoms with E-state index in [0.717, 1.165) is 12.1 Å². The zero-order valence-electron chi connectivity index (χ0n) is 12.3. The van der Waals surface area contributed by atoms with E-state index in [1.807, 2.05) is 12.1 Å². The molecule has 1 aromatic carbocycles. The van der Waals surface area contributed by atoms with E-state index >= 15 is 0 Å². The predicted molar refractivity (Wildman–Crippen MR) is 79.9 cm³/mol. The van der Waals surface area contributed by atoms with Gasteiger partial charge >= 0.3 is 0 Å². The van der Waals surface area contributed by atoms with Gasteiger partial charge in [-0.25, -0.2) is 0 Å². The van der Waals surface area contributed by atoms with Crippen LogP contribution in [0, 0.1) is 5.41 Å². The number of rotatable bonds is 4. The van der Waals surface area contributed by atoms with Crippen molar-refractivity contribution in [1.82, 2.24) is 5.32 Å². The summed E-state index contributed by atoms with van der Waals surface area (Å²) >= 11 is 0. The highest BCUT2D eigenvalue weighted by atomic mass is 16.3. The minimum atomic E-state index is 0.130. The third-order valence-electron chi connectivity index (χ3n) is 4.38. The Morgan fingerprint density at radius 1 is 1.11 bits per heavy atom. The molecule has 0 spiro atoms. The largest absolute Gasteiger partial charge is 0.392 e. The van der Waals surface area contributed by atoms with E-state index in [0.29, 0.717) is 11.5 Å². The van der Waals surface area contributed by atoms with Crippen molar-refractivity contribution in [1.29, 1.82) is 0 Å². The van der Waals surface area contributed by atoms with Crippen molar-refractivity contribution in [3.63, 3.8) is 0 Å². The fourth-order valence-corrected chi connectivity index (χ4v) is 2.89. The summed E-state index contributed by atoms with van der Waals surface area (Å²) in [4.78, 5) is 0. The van der Waals surface area contributed by atoms with Crippen molar-refractivity contribution in [2.45, 2.75) is 65.1 Å². The molecule has 0 radical (unpaired) electrons. The van der Waals surface area contributed by atoms with Gasteiger partial charge in [0.05, 0.1) is 6.61 Å². The van der Waals surface area contributed by atoms with Crippen LogP contribution in [0.25, 0.3) is 0 Å². The molecule has 2 N–H and O–H groups in total. The lowest BCUT2D eigenvalue weighted by Gasteiger charge is -2.22. The Hall–Kier alpha value is -0.860. The molecule has 2 rings (SSSR count). The number of nitrogens with one attached hydrogen (secondary N) is 1. The van der Waals surface area contributed by atoms with E-state index in [4.69, 9.17) is 5.11 Å². The van der Waals surface area contributed by atoms with Crippen molar-refractivity contribution < 1.29 is 5.11 Å². The fraction of sp³-hybridized carbons (Fsp3) is 0.647. The molecule has 0 amide bonds. The molecular weight excluding hydrogens is 234 g/mol. The number of hydrogen-bond acceptors (Lipinski definition) is 2. The Labute approximate surface area is 117 Å². The minimum Gasteiger partial charge on any atom is -0.392 e. The molecular formula is C17H27NO. The first-order chi connectivity index (χ1) is 9.09. The molecule has 2 heteroatoms. The smallest absolute Gasteiger partial charge is 0.0681 e. The summed E-state index contributed by atoms with van der Waals surface area (Å²) < 4.78 is 0. The molecule has 1 aliphatic rings. The Morgan fingerprint density at radius 2 is 1.79 bits per heavy atom. The molecule has 0 aromatic heterocycles. The second-order valence-electron chi connectivity index (χ2n) is 6.65. The number of benzene rings is 1. The van der Waals surface area contributed by atoms with Gasteiger partial charge in [-0.05, 0) is 42.2 Å². The average molecular weight is 261 g/mol. The molecule has 0 aliphatic heterocycles. The van der Waals surface area contributed by atoms with Crippen LogP contribution in [0.4, 0.5) is 0 Å². The lowest BCUT2D eigenvalue weighted by atomic mass is 9.85. The predicted octanol–water partition coefficient (Wildman–Crippen LogP) is 3.63. The summed E-state index contributed by atoms with van der Waals surface area (Å²) in [5, 5.41) is 12.7. The van der Waals surface area contributed by atoms with E-state index in [2.05, 4.69) is 31.3 Å². The van der Waals surface area contributed by atoms with Crippen molar-refractivity contribution in [2.24, 2.45) is 5.41 Å². The number of hydrogen-bond donors (Lipinski definition) is 2. The molecule has 1 fully saturated rings. The zero-order valence-corrected chi connectivity index (χ0v) is 12.3. The van der Waals surface area contributed by atoms with Gasteiger partial charge in [0.15, 0.2) is 0 Å². The van der Waals surface area contributed by atoms with Crippen molar-refractivity contribution in [2.75, 3.05) is 0 Å². The topological polar surface area (TPSA) is 32.3 Å². The van der Waals surface area contributed by atoms with Gasteiger partial charge in [-0.2, -0.15) is 0 Å². The third-order valence-corrected chi connectivity index (χ3v) is 4.38. The van der Waals surface area contributed by atoms with Gasteiger partial charge < -0.3 is 10.4 Å². The number of aliphatic hydroxyl groups excluding tert-OH is 1. The first kappa shape index (κ1) is 14.5. The quantitative estimate of drug-likeness (QED) is 0.811. The molecule has 1 atom stereocenters. The summed E-state index contributed by atoms with van der Waals surface area (Å²) in [7, 11) is 0. The molecule has 1 saturated carbocycles. The molecule has 0 saturated heterocycles.